The van der Waals surface area contributed by atoms with Crippen molar-refractivity contribution in [3.63, 3.8) is 0 Å². The number of rotatable bonds is 8. The van der Waals surface area contributed by atoms with Gasteiger partial charge in [-0.2, -0.15) is 0 Å². The van der Waals surface area contributed by atoms with Gasteiger partial charge in [0.2, 0.25) is 0 Å². The van der Waals surface area contributed by atoms with Gasteiger partial charge in [0.25, 0.3) is 11.8 Å². The normalized spacial score (nSPS) is 10.9. The molecular weight excluding hydrogens is 388 g/mol. The van der Waals surface area contributed by atoms with Gasteiger partial charge in [-0.3, -0.25) is 9.59 Å². The van der Waals surface area contributed by atoms with Crippen LogP contribution in [0.3, 0.4) is 0 Å². The first-order chi connectivity index (χ1) is 15.0. The lowest BCUT2D eigenvalue weighted by molar-refractivity contribution is 0.0942. The Morgan fingerprint density at radius 3 is 2.32 bits per heavy atom. The van der Waals surface area contributed by atoms with Crippen LogP contribution in [0.2, 0.25) is 0 Å². The number of amides is 2. The quantitative estimate of drug-likeness (QED) is 0.555. The largest absolute Gasteiger partial charge is 0.377 e. The fourth-order valence-electron chi connectivity index (χ4n) is 3.65. The number of benzene rings is 2. The number of hydrogen-bond acceptors (Lipinski definition) is 4. The van der Waals surface area contributed by atoms with Gasteiger partial charge in [0.1, 0.15) is 0 Å². The van der Waals surface area contributed by atoms with Crippen molar-refractivity contribution in [1.82, 2.24) is 10.3 Å². The van der Waals surface area contributed by atoms with Crippen LogP contribution in [0.1, 0.15) is 47.5 Å². The van der Waals surface area contributed by atoms with Gasteiger partial charge in [-0.25, -0.2) is 4.98 Å². The van der Waals surface area contributed by atoms with Gasteiger partial charge in [0.05, 0.1) is 5.69 Å². The predicted octanol–water partition coefficient (Wildman–Crippen LogP) is 4.72. The van der Waals surface area contributed by atoms with E-state index in [1.165, 1.54) is 0 Å². The molecule has 0 aliphatic carbocycles. The molecule has 3 rings (SSSR count). The minimum Gasteiger partial charge on any atom is -0.377 e. The topological polar surface area (TPSA) is 74.3 Å². The van der Waals surface area contributed by atoms with E-state index < -0.39 is 0 Å². The summed E-state index contributed by atoms with van der Waals surface area (Å²) in [6.45, 7) is 4.81. The van der Waals surface area contributed by atoms with Gasteiger partial charge in [0, 0.05) is 43.5 Å². The van der Waals surface area contributed by atoms with Crippen LogP contribution in [-0.4, -0.2) is 37.4 Å². The Hall–Kier alpha value is -3.41. The zero-order chi connectivity index (χ0) is 22.4. The summed E-state index contributed by atoms with van der Waals surface area (Å²) in [7, 11) is 3.95. The van der Waals surface area contributed by atoms with E-state index in [4.69, 9.17) is 0 Å². The summed E-state index contributed by atoms with van der Waals surface area (Å²) in [5, 5.41) is 7.69. The lowest BCUT2D eigenvalue weighted by Crippen LogP contribution is -2.30. The maximum Gasteiger partial charge on any atom is 0.272 e. The Balaban J connectivity index is 1.87. The Morgan fingerprint density at radius 2 is 1.65 bits per heavy atom. The molecule has 0 radical (unpaired) electrons. The zero-order valence-corrected chi connectivity index (χ0v) is 18.6. The highest BCUT2D eigenvalue weighted by atomic mass is 16.2. The molecule has 2 amide bonds. The molecule has 162 valence electrons. The molecule has 0 aliphatic heterocycles. The smallest absolute Gasteiger partial charge is 0.272 e. The van der Waals surface area contributed by atoms with Crippen molar-refractivity contribution in [2.24, 2.45) is 5.92 Å². The number of hydrogen-bond donors (Lipinski definition) is 2. The maximum absolute atomic E-state index is 13.2. The van der Waals surface area contributed by atoms with Gasteiger partial charge in [-0.15, -0.1) is 0 Å². The molecule has 1 aromatic heterocycles. The highest BCUT2D eigenvalue weighted by molar-refractivity contribution is 6.16. The summed E-state index contributed by atoms with van der Waals surface area (Å²) < 4.78 is 0. The molecule has 1 heterocycles. The molecule has 0 bridgehead atoms. The van der Waals surface area contributed by atoms with E-state index in [-0.39, 0.29) is 17.5 Å². The maximum atomic E-state index is 13.2. The zero-order valence-electron chi connectivity index (χ0n) is 18.6. The van der Waals surface area contributed by atoms with Crippen molar-refractivity contribution in [3.8, 4) is 0 Å². The Bertz CT molecular complexity index is 1070. The summed E-state index contributed by atoms with van der Waals surface area (Å²) in [6.07, 6.45) is 3.56. The average Bonchev–Trinajstić information content (AvgIpc) is 2.79. The third-order valence-electron chi connectivity index (χ3n) is 5.60. The SMILES string of the molecule is CCC(CC)CNC(=O)c1ncccc1NC(=O)c1ccc(N(C)C)c2ccccc12. The van der Waals surface area contributed by atoms with Crippen molar-refractivity contribution in [1.29, 1.82) is 0 Å². The van der Waals surface area contributed by atoms with E-state index in [2.05, 4.69) is 29.5 Å². The summed E-state index contributed by atoms with van der Waals surface area (Å²) >= 11 is 0. The molecule has 2 N–H and O–H groups in total. The van der Waals surface area contributed by atoms with E-state index >= 15 is 0 Å². The molecule has 2 aromatic carbocycles. The van der Waals surface area contributed by atoms with Crippen LogP contribution < -0.4 is 15.5 Å². The molecule has 0 spiro atoms. The molecule has 0 saturated heterocycles. The van der Waals surface area contributed by atoms with E-state index in [0.717, 1.165) is 29.3 Å². The minimum atomic E-state index is -0.282. The summed E-state index contributed by atoms with van der Waals surface area (Å²) in [6, 6.07) is 15.0. The number of carbonyl (C=O) groups excluding carboxylic acids is 2. The highest BCUT2D eigenvalue weighted by Gasteiger charge is 2.18. The van der Waals surface area contributed by atoms with Gasteiger partial charge in [-0.05, 0) is 35.6 Å². The molecular formula is C25H30N4O2. The summed E-state index contributed by atoms with van der Waals surface area (Å²) in [5.41, 5.74) is 2.20. The number of fused-ring (bicyclic) bond motifs is 1. The first-order valence-electron chi connectivity index (χ1n) is 10.7. The van der Waals surface area contributed by atoms with Crippen LogP contribution >= 0.6 is 0 Å². The molecule has 0 unspecified atom stereocenters. The van der Waals surface area contributed by atoms with Crippen molar-refractivity contribution in [2.75, 3.05) is 30.9 Å². The standard InChI is InChI=1S/C25H30N4O2/c1-5-17(6-2)16-27-25(31)23-21(12-9-15-26-23)28-24(30)20-13-14-22(29(3)4)19-11-8-7-10-18(19)20/h7-15,17H,5-6,16H2,1-4H3,(H,27,31)(H,28,30). The fourth-order valence-corrected chi connectivity index (χ4v) is 3.65. The lowest BCUT2D eigenvalue weighted by Gasteiger charge is -2.18. The molecule has 6 nitrogen and oxygen atoms in total. The second-order valence-corrected chi connectivity index (χ2v) is 7.82. The molecule has 3 aromatic rings. The van der Waals surface area contributed by atoms with E-state index in [1.54, 1.807) is 18.3 Å². The highest BCUT2D eigenvalue weighted by Crippen LogP contribution is 2.29. The van der Waals surface area contributed by atoms with Crippen molar-refractivity contribution in [2.45, 2.75) is 26.7 Å². The number of anilines is 2. The number of nitrogens with zero attached hydrogens (tertiary/aromatic N) is 2. The van der Waals surface area contributed by atoms with E-state index in [0.29, 0.717) is 23.7 Å². The summed E-state index contributed by atoms with van der Waals surface area (Å²) in [4.78, 5) is 32.1. The fraction of sp³-hybridized carbons (Fsp3) is 0.320. The predicted molar refractivity (Wildman–Crippen MR) is 127 cm³/mol. The first kappa shape index (κ1) is 22.3. The van der Waals surface area contributed by atoms with Crippen LogP contribution in [0.4, 0.5) is 11.4 Å². The van der Waals surface area contributed by atoms with Crippen molar-refractivity contribution < 1.29 is 9.59 Å². The molecule has 31 heavy (non-hydrogen) atoms. The van der Waals surface area contributed by atoms with Crippen molar-refractivity contribution in [3.05, 3.63) is 66.0 Å². The van der Waals surface area contributed by atoms with Crippen LogP contribution in [0, 0.1) is 5.92 Å². The van der Waals surface area contributed by atoms with Crippen molar-refractivity contribution >= 4 is 34.0 Å². The number of carbonyl (C=O) groups is 2. The Morgan fingerprint density at radius 1 is 0.935 bits per heavy atom. The molecule has 0 aliphatic rings. The van der Waals surface area contributed by atoms with E-state index in [9.17, 15) is 9.59 Å². The minimum absolute atomic E-state index is 0.219. The Kier molecular flexibility index (Phi) is 7.23. The lowest BCUT2D eigenvalue weighted by atomic mass is 10.0. The molecule has 6 heteroatoms. The third kappa shape index (κ3) is 5.02. The van der Waals surface area contributed by atoms with Crippen LogP contribution in [0.15, 0.2) is 54.7 Å². The van der Waals surface area contributed by atoms with Gasteiger partial charge in [0.15, 0.2) is 5.69 Å². The van der Waals surface area contributed by atoms with Gasteiger partial charge in [-0.1, -0.05) is 51.0 Å². The molecule has 0 fully saturated rings. The number of pyridine rings is 1. The van der Waals surface area contributed by atoms with Gasteiger partial charge < -0.3 is 15.5 Å². The number of aromatic nitrogens is 1. The van der Waals surface area contributed by atoms with Crippen LogP contribution in [0.5, 0.6) is 0 Å². The third-order valence-corrected chi connectivity index (χ3v) is 5.60. The Labute approximate surface area is 183 Å². The van der Waals surface area contributed by atoms with E-state index in [1.807, 2.05) is 55.4 Å². The van der Waals surface area contributed by atoms with Crippen LogP contribution in [-0.2, 0) is 0 Å². The second-order valence-electron chi connectivity index (χ2n) is 7.82. The monoisotopic (exact) mass is 418 g/mol. The molecule has 0 atom stereocenters. The van der Waals surface area contributed by atoms with Gasteiger partial charge >= 0.3 is 0 Å². The molecule has 0 saturated carbocycles. The second kappa shape index (κ2) is 10.1. The average molecular weight is 419 g/mol. The number of nitrogens with one attached hydrogen (secondary N) is 2. The van der Waals surface area contributed by atoms with Crippen LogP contribution in [0.25, 0.3) is 10.8 Å². The summed E-state index contributed by atoms with van der Waals surface area (Å²) in [5.74, 6) is -0.133. The first-order valence-corrected chi connectivity index (χ1v) is 10.7.